The molecule has 112 valence electrons. The summed E-state index contributed by atoms with van der Waals surface area (Å²) in [5, 5.41) is 0.450. The second kappa shape index (κ2) is 6.67. The van der Waals surface area contributed by atoms with Crippen molar-refractivity contribution in [1.82, 2.24) is 4.72 Å². The smallest absolute Gasteiger partial charge is 0.207 e. The van der Waals surface area contributed by atoms with Crippen molar-refractivity contribution in [2.75, 3.05) is 0 Å². The maximum Gasteiger partial charge on any atom is 0.242 e. The highest BCUT2D eigenvalue weighted by molar-refractivity contribution is 9.10. The molecule has 0 fully saturated rings. The minimum Gasteiger partial charge on any atom is -0.207 e. The van der Waals surface area contributed by atoms with Crippen LogP contribution in [0.3, 0.4) is 0 Å². The van der Waals surface area contributed by atoms with Gasteiger partial charge in [0.05, 0.1) is 5.02 Å². The van der Waals surface area contributed by atoms with E-state index in [9.17, 15) is 8.42 Å². The number of rotatable bonds is 4. The van der Waals surface area contributed by atoms with Crippen LogP contribution in [0, 0.1) is 0 Å². The second-order valence-corrected chi connectivity index (χ2v) is 7.91. The lowest BCUT2D eigenvalue weighted by atomic mass is 10.1. The van der Waals surface area contributed by atoms with Gasteiger partial charge in [-0.2, -0.15) is 0 Å². The van der Waals surface area contributed by atoms with Crippen LogP contribution in [0.15, 0.2) is 51.8 Å². The monoisotopic (exact) mass is 407 g/mol. The topological polar surface area (TPSA) is 46.2 Å². The van der Waals surface area contributed by atoms with Gasteiger partial charge in [-0.1, -0.05) is 51.3 Å². The molecule has 2 rings (SSSR count). The predicted molar refractivity (Wildman–Crippen MR) is 89.3 cm³/mol. The van der Waals surface area contributed by atoms with Crippen molar-refractivity contribution in [3.63, 3.8) is 0 Å². The van der Waals surface area contributed by atoms with Crippen LogP contribution in [-0.4, -0.2) is 8.42 Å². The molecule has 0 amide bonds. The molecule has 0 aliphatic heterocycles. The van der Waals surface area contributed by atoms with E-state index in [2.05, 4.69) is 20.7 Å². The molecule has 1 N–H and O–H groups in total. The summed E-state index contributed by atoms with van der Waals surface area (Å²) in [4.78, 5) is -0.0272. The summed E-state index contributed by atoms with van der Waals surface area (Å²) in [6, 6.07) is 11.3. The fraction of sp³-hybridized carbons (Fsp3) is 0.143. The summed E-state index contributed by atoms with van der Waals surface area (Å²) in [5.41, 5.74) is 0.847. The van der Waals surface area contributed by atoms with Crippen LogP contribution < -0.4 is 4.72 Å². The Hall–Kier alpha value is -0.590. The van der Waals surface area contributed by atoms with E-state index < -0.39 is 16.1 Å². The number of nitrogens with one attached hydrogen (secondary N) is 1. The fourth-order valence-corrected chi connectivity index (χ4v) is 4.06. The molecule has 0 spiro atoms. The molecule has 3 nitrogen and oxygen atoms in total. The van der Waals surface area contributed by atoms with Crippen LogP contribution in [0.4, 0.5) is 0 Å². The van der Waals surface area contributed by atoms with Crippen molar-refractivity contribution in [2.24, 2.45) is 0 Å². The zero-order valence-electron chi connectivity index (χ0n) is 11.0. The van der Waals surface area contributed by atoms with Gasteiger partial charge in [-0.25, -0.2) is 13.1 Å². The Morgan fingerprint density at radius 1 is 1.10 bits per heavy atom. The zero-order chi connectivity index (χ0) is 15.6. The number of halogens is 3. The van der Waals surface area contributed by atoms with E-state index in [0.717, 1.165) is 10.0 Å². The SMILES string of the molecule is CC(NS(=O)(=O)c1cc(Cl)ccc1Cl)c1ccc(Br)cc1. The Bertz CT molecular complexity index is 748. The summed E-state index contributed by atoms with van der Waals surface area (Å²) in [6.07, 6.45) is 0. The van der Waals surface area contributed by atoms with Gasteiger partial charge in [0.1, 0.15) is 4.90 Å². The molecule has 2 aromatic carbocycles. The number of hydrogen-bond acceptors (Lipinski definition) is 2. The van der Waals surface area contributed by atoms with E-state index in [4.69, 9.17) is 23.2 Å². The Labute approximate surface area is 142 Å². The zero-order valence-corrected chi connectivity index (χ0v) is 14.9. The standard InChI is InChI=1S/C14H12BrCl2NO2S/c1-9(10-2-4-11(15)5-3-10)18-21(19,20)14-8-12(16)6-7-13(14)17/h2-9,18H,1H3. The van der Waals surface area contributed by atoms with Crippen molar-refractivity contribution in [1.29, 1.82) is 0 Å². The van der Waals surface area contributed by atoms with Crippen molar-refractivity contribution in [2.45, 2.75) is 17.9 Å². The molecule has 7 heteroatoms. The molecule has 1 unspecified atom stereocenters. The van der Waals surface area contributed by atoms with Gasteiger partial charge in [-0.3, -0.25) is 0 Å². The first-order chi connectivity index (χ1) is 9.79. The molecule has 0 aliphatic rings. The highest BCUT2D eigenvalue weighted by Gasteiger charge is 2.21. The van der Waals surface area contributed by atoms with Gasteiger partial charge in [-0.15, -0.1) is 0 Å². The summed E-state index contributed by atoms with van der Waals surface area (Å²) < 4.78 is 28.3. The number of sulfonamides is 1. The van der Waals surface area contributed by atoms with Crippen molar-refractivity contribution in [3.05, 3.63) is 62.5 Å². The predicted octanol–water partition coefficient (Wildman–Crippen LogP) is 4.80. The third-order valence-electron chi connectivity index (χ3n) is 2.88. The molecule has 0 aromatic heterocycles. The maximum absolute atomic E-state index is 12.4. The van der Waals surface area contributed by atoms with E-state index in [-0.39, 0.29) is 9.92 Å². The average molecular weight is 409 g/mol. The lowest BCUT2D eigenvalue weighted by Gasteiger charge is -2.15. The second-order valence-electron chi connectivity index (χ2n) is 4.47. The van der Waals surface area contributed by atoms with Gasteiger partial charge < -0.3 is 0 Å². The first-order valence-corrected chi connectivity index (χ1v) is 9.05. The Kier molecular flexibility index (Phi) is 5.33. The third kappa shape index (κ3) is 4.20. The maximum atomic E-state index is 12.4. The van der Waals surface area contributed by atoms with Gasteiger partial charge in [0.15, 0.2) is 0 Å². The minimum atomic E-state index is -3.75. The van der Waals surface area contributed by atoms with E-state index in [1.165, 1.54) is 12.1 Å². The Morgan fingerprint density at radius 3 is 2.33 bits per heavy atom. The molecule has 0 radical (unpaired) electrons. The molecular weight excluding hydrogens is 397 g/mol. The normalized spacial score (nSPS) is 13.1. The van der Waals surface area contributed by atoms with Crippen molar-refractivity contribution >= 4 is 49.2 Å². The van der Waals surface area contributed by atoms with Gasteiger partial charge in [0.2, 0.25) is 10.0 Å². The van der Waals surface area contributed by atoms with E-state index in [1.54, 1.807) is 13.0 Å². The first kappa shape index (κ1) is 16.8. The van der Waals surface area contributed by atoms with E-state index in [1.807, 2.05) is 24.3 Å². The van der Waals surface area contributed by atoms with Gasteiger partial charge in [-0.05, 0) is 42.8 Å². The molecule has 0 aliphatic carbocycles. The molecule has 21 heavy (non-hydrogen) atoms. The molecule has 0 saturated carbocycles. The van der Waals surface area contributed by atoms with E-state index >= 15 is 0 Å². The van der Waals surface area contributed by atoms with Crippen LogP contribution in [0.5, 0.6) is 0 Å². The lowest BCUT2D eigenvalue weighted by molar-refractivity contribution is 0.567. The first-order valence-electron chi connectivity index (χ1n) is 6.02. The number of hydrogen-bond donors (Lipinski definition) is 1. The minimum absolute atomic E-state index is 0.0272. The van der Waals surface area contributed by atoms with Crippen molar-refractivity contribution in [3.8, 4) is 0 Å². The van der Waals surface area contributed by atoms with E-state index in [0.29, 0.717) is 5.02 Å². The molecule has 0 bridgehead atoms. The summed E-state index contributed by atoms with van der Waals surface area (Å²) in [6.45, 7) is 1.76. The molecule has 1 atom stereocenters. The molecular formula is C14H12BrCl2NO2S. The quantitative estimate of drug-likeness (QED) is 0.789. The molecule has 0 heterocycles. The summed E-state index contributed by atoms with van der Waals surface area (Å²) in [5.74, 6) is 0. The van der Waals surface area contributed by atoms with Gasteiger partial charge in [0, 0.05) is 15.5 Å². The van der Waals surface area contributed by atoms with Gasteiger partial charge >= 0.3 is 0 Å². The Balaban J connectivity index is 2.28. The lowest BCUT2D eigenvalue weighted by Crippen LogP contribution is -2.27. The van der Waals surface area contributed by atoms with Crippen LogP contribution in [0.25, 0.3) is 0 Å². The van der Waals surface area contributed by atoms with Crippen molar-refractivity contribution < 1.29 is 8.42 Å². The fourth-order valence-electron chi connectivity index (χ4n) is 1.80. The third-order valence-corrected chi connectivity index (χ3v) is 5.67. The molecule has 0 saturated heterocycles. The number of benzene rings is 2. The van der Waals surface area contributed by atoms with Crippen LogP contribution >= 0.6 is 39.1 Å². The van der Waals surface area contributed by atoms with Crippen LogP contribution in [-0.2, 0) is 10.0 Å². The van der Waals surface area contributed by atoms with Crippen LogP contribution in [0.1, 0.15) is 18.5 Å². The van der Waals surface area contributed by atoms with Gasteiger partial charge in [0.25, 0.3) is 0 Å². The summed E-state index contributed by atoms with van der Waals surface area (Å²) in [7, 11) is -3.75. The highest BCUT2D eigenvalue weighted by atomic mass is 79.9. The largest absolute Gasteiger partial charge is 0.242 e. The Morgan fingerprint density at radius 2 is 1.71 bits per heavy atom. The average Bonchev–Trinajstić information content (AvgIpc) is 2.41. The highest BCUT2D eigenvalue weighted by Crippen LogP contribution is 2.26. The summed E-state index contributed by atoms with van der Waals surface area (Å²) >= 11 is 15.1. The van der Waals surface area contributed by atoms with Crippen LogP contribution in [0.2, 0.25) is 10.0 Å². The molecule has 2 aromatic rings.